The van der Waals surface area contributed by atoms with Gasteiger partial charge in [-0.1, -0.05) is 49.3 Å². The number of hydrogen-bond donors (Lipinski definition) is 0. The van der Waals surface area contributed by atoms with Crippen LogP contribution in [0.25, 0.3) is 0 Å². The molecule has 14 heavy (non-hydrogen) atoms. The Morgan fingerprint density at radius 1 is 1.29 bits per heavy atom. The van der Waals surface area contributed by atoms with Gasteiger partial charge in [-0.2, -0.15) is 0 Å². The SMILES string of the molecule is CC=C1Cc2ccc(C)cc2C1(C)C. The van der Waals surface area contributed by atoms with Gasteiger partial charge in [0.15, 0.2) is 0 Å². The second kappa shape index (κ2) is 2.98. The molecule has 1 aromatic carbocycles. The molecule has 0 N–H and O–H groups in total. The van der Waals surface area contributed by atoms with Crippen molar-refractivity contribution in [3.63, 3.8) is 0 Å². The van der Waals surface area contributed by atoms with Gasteiger partial charge >= 0.3 is 0 Å². The molecular weight excluding hydrogens is 168 g/mol. The summed E-state index contributed by atoms with van der Waals surface area (Å²) in [6.45, 7) is 8.97. The molecule has 0 unspecified atom stereocenters. The molecule has 2 rings (SSSR count). The Kier molecular flexibility index (Phi) is 2.02. The van der Waals surface area contributed by atoms with Crippen molar-refractivity contribution in [1.82, 2.24) is 0 Å². The van der Waals surface area contributed by atoms with Crippen molar-refractivity contribution in [2.45, 2.75) is 39.5 Å². The summed E-state index contributed by atoms with van der Waals surface area (Å²) < 4.78 is 0. The van der Waals surface area contributed by atoms with Crippen LogP contribution in [0.2, 0.25) is 0 Å². The Hall–Kier alpha value is -1.04. The van der Waals surface area contributed by atoms with Crippen LogP contribution in [0.3, 0.4) is 0 Å². The molecule has 1 aliphatic rings. The second-order valence-corrected chi connectivity index (χ2v) is 4.78. The molecule has 0 fully saturated rings. The van der Waals surface area contributed by atoms with Crippen molar-refractivity contribution in [2.75, 3.05) is 0 Å². The molecule has 0 aliphatic heterocycles. The molecular formula is C14H18. The molecule has 0 nitrogen and oxygen atoms in total. The zero-order chi connectivity index (χ0) is 10.3. The van der Waals surface area contributed by atoms with Crippen LogP contribution in [0.1, 0.15) is 37.5 Å². The van der Waals surface area contributed by atoms with E-state index in [-0.39, 0.29) is 5.41 Å². The lowest BCUT2D eigenvalue weighted by molar-refractivity contribution is 0.642. The van der Waals surface area contributed by atoms with E-state index in [2.05, 4.69) is 52.0 Å². The highest BCUT2D eigenvalue weighted by atomic mass is 14.4. The number of allylic oxidation sites excluding steroid dienone is 2. The van der Waals surface area contributed by atoms with E-state index in [1.54, 1.807) is 5.57 Å². The van der Waals surface area contributed by atoms with Gasteiger partial charge in [0, 0.05) is 5.41 Å². The molecule has 0 saturated heterocycles. The van der Waals surface area contributed by atoms with E-state index in [4.69, 9.17) is 0 Å². The third-order valence-corrected chi connectivity index (χ3v) is 3.47. The van der Waals surface area contributed by atoms with Crippen molar-refractivity contribution in [3.05, 3.63) is 46.5 Å². The molecule has 0 bridgehead atoms. The topological polar surface area (TPSA) is 0 Å². The lowest BCUT2D eigenvalue weighted by atomic mass is 9.82. The number of fused-ring (bicyclic) bond motifs is 1. The van der Waals surface area contributed by atoms with Gasteiger partial charge in [-0.05, 0) is 31.4 Å². The Bertz CT molecular complexity index is 394. The minimum absolute atomic E-state index is 0.246. The van der Waals surface area contributed by atoms with E-state index >= 15 is 0 Å². The van der Waals surface area contributed by atoms with Gasteiger partial charge in [0.05, 0.1) is 0 Å². The Morgan fingerprint density at radius 2 is 2.00 bits per heavy atom. The molecule has 0 amide bonds. The highest BCUT2D eigenvalue weighted by Crippen LogP contribution is 2.42. The Balaban J connectivity index is 2.61. The van der Waals surface area contributed by atoms with Crippen LogP contribution < -0.4 is 0 Å². The summed E-state index contributed by atoms with van der Waals surface area (Å²) in [6, 6.07) is 6.84. The molecule has 0 radical (unpaired) electrons. The number of rotatable bonds is 0. The summed E-state index contributed by atoms with van der Waals surface area (Å²) in [6.07, 6.45) is 3.41. The van der Waals surface area contributed by atoms with Crippen LogP contribution in [-0.4, -0.2) is 0 Å². The van der Waals surface area contributed by atoms with Crippen LogP contribution in [0, 0.1) is 6.92 Å². The molecule has 1 aliphatic carbocycles. The van der Waals surface area contributed by atoms with Crippen LogP contribution >= 0.6 is 0 Å². The average Bonchev–Trinajstić information content (AvgIpc) is 2.38. The van der Waals surface area contributed by atoms with E-state index < -0.39 is 0 Å². The van der Waals surface area contributed by atoms with Crippen molar-refractivity contribution in [1.29, 1.82) is 0 Å². The summed E-state index contributed by atoms with van der Waals surface area (Å²) in [4.78, 5) is 0. The standard InChI is InChI=1S/C14H18/c1-5-12-9-11-7-6-10(2)8-13(11)14(12,3)4/h5-8H,9H2,1-4H3. The van der Waals surface area contributed by atoms with Crippen LogP contribution in [-0.2, 0) is 11.8 Å². The zero-order valence-electron chi connectivity index (χ0n) is 9.52. The first-order valence-corrected chi connectivity index (χ1v) is 5.31. The van der Waals surface area contributed by atoms with E-state index in [9.17, 15) is 0 Å². The van der Waals surface area contributed by atoms with Crippen LogP contribution in [0.5, 0.6) is 0 Å². The minimum Gasteiger partial charge on any atom is -0.0872 e. The van der Waals surface area contributed by atoms with Gasteiger partial charge in [-0.25, -0.2) is 0 Å². The summed E-state index contributed by atoms with van der Waals surface area (Å²) >= 11 is 0. The van der Waals surface area contributed by atoms with E-state index in [0.717, 1.165) is 6.42 Å². The average molecular weight is 186 g/mol. The van der Waals surface area contributed by atoms with Gasteiger partial charge < -0.3 is 0 Å². The third-order valence-electron chi connectivity index (χ3n) is 3.47. The molecule has 74 valence electrons. The first-order valence-electron chi connectivity index (χ1n) is 5.31. The van der Waals surface area contributed by atoms with Crippen LogP contribution in [0.4, 0.5) is 0 Å². The fourth-order valence-electron chi connectivity index (χ4n) is 2.49. The number of benzene rings is 1. The van der Waals surface area contributed by atoms with E-state index in [1.807, 2.05) is 0 Å². The molecule has 0 saturated carbocycles. The largest absolute Gasteiger partial charge is 0.0872 e. The monoisotopic (exact) mass is 186 g/mol. The maximum atomic E-state index is 2.34. The van der Waals surface area contributed by atoms with Crippen molar-refractivity contribution in [2.24, 2.45) is 0 Å². The van der Waals surface area contributed by atoms with Crippen molar-refractivity contribution in [3.8, 4) is 0 Å². The van der Waals surface area contributed by atoms with Gasteiger partial charge in [-0.15, -0.1) is 0 Å². The van der Waals surface area contributed by atoms with Crippen LogP contribution in [0.15, 0.2) is 29.8 Å². The lowest BCUT2D eigenvalue weighted by Gasteiger charge is -2.22. The highest BCUT2D eigenvalue weighted by Gasteiger charge is 2.33. The molecule has 0 heterocycles. The first kappa shape index (κ1) is 9.51. The van der Waals surface area contributed by atoms with Crippen molar-refractivity contribution >= 4 is 0 Å². The Labute approximate surface area is 86.7 Å². The Morgan fingerprint density at radius 3 is 2.64 bits per heavy atom. The molecule has 0 aromatic heterocycles. The normalized spacial score (nSPS) is 21.3. The summed E-state index contributed by atoms with van der Waals surface area (Å²) in [5, 5.41) is 0. The van der Waals surface area contributed by atoms with E-state index in [1.165, 1.54) is 16.7 Å². The number of hydrogen-bond acceptors (Lipinski definition) is 0. The highest BCUT2D eigenvalue weighted by molar-refractivity contribution is 5.50. The smallest absolute Gasteiger partial charge is 0.0111 e. The maximum Gasteiger partial charge on any atom is 0.0111 e. The molecule has 0 heteroatoms. The summed E-state index contributed by atoms with van der Waals surface area (Å²) in [5.74, 6) is 0. The number of aryl methyl sites for hydroxylation is 1. The van der Waals surface area contributed by atoms with Gasteiger partial charge in [-0.3, -0.25) is 0 Å². The molecule has 0 spiro atoms. The third kappa shape index (κ3) is 1.21. The minimum atomic E-state index is 0.246. The molecule has 1 aromatic rings. The second-order valence-electron chi connectivity index (χ2n) is 4.78. The molecule has 0 atom stereocenters. The van der Waals surface area contributed by atoms with Gasteiger partial charge in [0.1, 0.15) is 0 Å². The quantitative estimate of drug-likeness (QED) is 0.541. The zero-order valence-corrected chi connectivity index (χ0v) is 9.52. The maximum absolute atomic E-state index is 2.34. The predicted octanol–water partition coefficient (Wildman–Crippen LogP) is 3.78. The summed E-state index contributed by atoms with van der Waals surface area (Å²) in [7, 11) is 0. The van der Waals surface area contributed by atoms with Gasteiger partial charge in [0.2, 0.25) is 0 Å². The summed E-state index contributed by atoms with van der Waals surface area (Å²) in [5.41, 5.74) is 6.20. The van der Waals surface area contributed by atoms with Gasteiger partial charge in [0.25, 0.3) is 0 Å². The first-order chi connectivity index (χ1) is 6.55. The predicted molar refractivity (Wildman–Crippen MR) is 61.7 cm³/mol. The fraction of sp³-hybridized carbons (Fsp3) is 0.429. The fourth-order valence-corrected chi connectivity index (χ4v) is 2.49. The van der Waals surface area contributed by atoms with E-state index in [0.29, 0.717) is 0 Å². The van der Waals surface area contributed by atoms with Crippen molar-refractivity contribution < 1.29 is 0 Å². The lowest BCUT2D eigenvalue weighted by Crippen LogP contribution is -2.15.